The lowest BCUT2D eigenvalue weighted by Crippen LogP contribution is -2.46. The molecule has 2 amide bonds. The lowest BCUT2D eigenvalue weighted by atomic mass is 10.1. The Hall–Kier alpha value is -3.15. The van der Waals surface area contributed by atoms with E-state index >= 15 is 0 Å². The molecule has 2 N–H and O–H groups in total. The predicted octanol–water partition coefficient (Wildman–Crippen LogP) is 2.00. The summed E-state index contributed by atoms with van der Waals surface area (Å²) in [5, 5.41) is 0. The third-order valence-electron chi connectivity index (χ3n) is 3.24. The van der Waals surface area contributed by atoms with Gasteiger partial charge in [-0.3, -0.25) is 20.4 Å². The molecule has 0 aliphatic rings. The molecule has 24 heavy (non-hydrogen) atoms. The van der Waals surface area contributed by atoms with E-state index in [2.05, 4.69) is 10.9 Å². The number of aryl methyl sites for hydroxylation is 1. The topological polar surface area (TPSA) is 84.5 Å². The number of hydrazine groups is 1. The summed E-state index contributed by atoms with van der Waals surface area (Å²) in [6, 6.07) is 15.3. The first-order valence-corrected chi connectivity index (χ1v) is 7.40. The maximum absolute atomic E-state index is 12.0. The van der Waals surface area contributed by atoms with Crippen LogP contribution in [0.25, 0.3) is 0 Å². The van der Waals surface area contributed by atoms with Gasteiger partial charge in [0.15, 0.2) is 6.10 Å². The maximum Gasteiger partial charge on any atom is 0.338 e. The quantitative estimate of drug-likeness (QED) is 0.665. The zero-order valence-corrected chi connectivity index (χ0v) is 13.4. The molecule has 0 saturated carbocycles. The van der Waals surface area contributed by atoms with E-state index in [0.717, 1.165) is 5.56 Å². The zero-order valence-electron chi connectivity index (χ0n) is 13.4. The fraction of sp³-hybridized carbons (Fsp3) is 0.167. The van der Waals surface area contributed by atoms with E-state index in [0.29, 0.717) is 11.1 Å². The van der Waals surface area contributed by atoms with E-state index in [1.807, 2.05) is 13.0 Å². The van der Waals surface area contributed by atoms with E-state index in [1.54, 1.807) is 48.5 Å². The monoisotopic (exact) mass is 326 g/mol. The summed E-state index contributed by atoms with van der Waals surface area (Å²) in [5.41, 5.74) is 6.19. The van der Waals surface area contributed by atoms with E-state index in [4.69, 9.17) is 4.74 Å². The molecule has 6 nitrogen and oxygen atoms in total. The molecule has 2 aromatic carbocycles. The minimum absolute atomic E-state index is 0.364. The minimum atomic E-state index is -1.05. The van der Waals surface area contributed by atoms with Crippen molar-refractivity contribution >= 4 is 17.8 Å². The van der Waals surface area contributed by atoms with Crippen molar-refractivity contribution in [3.8, 4) is 0 Å². The molecule has 0 aliphatic carbocycles. The smallest absolute Gasteiger partial charge is 0.338 e. The third kappa shape index (κ3) is 4.67. The van der Waals surface area contributed by atoms with Gasteiger partial charge in [-0.25, -0.2) is 4.79 Å². The summed E-state index contributed by atoms with van der Waals surface area (Å²) in [7, 11) is 0. The number of amides is 2. The molecule has 0 heterocycles. The van der Waals surface area contributed by atoms with Gasteiger partial charge in [-0.2, -0.15) is 0 Å². The summed E-state index contributed by atoms with van der Waals surface area (Å²) >= 11 is 0. The van der Waals surface area contributed by atoms with Crippen LogP contribution in [0.5, 0.6) is 0 Å². The normalized spacial score (nSPS) is 11.2. The minimum Gasteiger partial charge on any atom is -0.449 e. The Morgan fingerprint density at radius 2 is 1.58 bits per heavy atom. The Bertz CT molecular complexity index is 744. The van der Waals surface area contributed by atoms with Crippen molar-refractivity contribution in [2.45, 2.75) is 20.0 Å². The molecule has 0 radical (unpaired) electrons. The van der Waals surface area contributed by atoms with Crippen LogP contribution in [0.1, 0.15) is 33.2 Å². The molecule has 124 valence electrons. The van der Waals surface area contributed by atoms with Gasteiger partial charge in [0.05, 0.1) is 5.56 Å². The number of hydrogen-bond donors (Lipinski definition) is 2. The molecular formula is C18H18N2O4. The number of carbonyl (C=O) groups excluding carboxylic acids is 3. The Kier molecular flexibility index (Phi) is 5.68. The summed E-state index contributed by atoms with van der Waals surface area (Å²) in [4.78, 5) is 35.7. The summed E-state index contributed by atoms with van der Waals surface area (Å²) in [6.07, 6.45) is -1.05. The van der Waals surface area contributed by atoms with E-state index in [1.165, 1.54) is 6.92 Å². The second kappa shape index (κ2) is 7.92. The van der Waals surface area contributed by atoms with Crippen LogP contribution in [0.3, 0.4) is 0 Å². The molecule has 0 aromatic heterocycles. The predicted molar refractivity (Wildman–Crippen MR) is 88.1 cm³/mol. The molecule has 6 heteroatoms. The first-order valence-electron chi connectivity index (χ1n) is 7.40. The molecule has 0 bridgehead atoms. The lowest BCUT2D eigenvalue weighted by molar-refractivity contribution is -0.129. The SMILES string of the molecule is Cc1cccc(C(=O)O[C@@H](C)C(=O)NNC(=O)c2ccccc2)c1. The first kappa shape index (κ1) is 17.2. The lowest BCUT2D eigenvalue weighted by Gasteiger charge is -2.14. The highest BCUT2D eigenvalue weighted by Gasteiger charge is 2.19. The standard InChI is InChI=1S/C18H18N2O4/c1-12-7-6-10-15(11-12)18(23)24-13(2)16(21)19-20-17(22)14-8-4-3-5-9-14/h3-11,13H,1-2H3,(H,19,21)(H,20,22)/t13-/m0/s1. The maximum atomic E-state index is 12.0. The molecule has 0 unspecified atom stereocenters. The average molecular weight is 326 g/mol. The number of ether oxygens (including phenoxy) is 1. The van der Waals surface area contributed by atoms with Crippen LogP contribution in [-0.4, -0.2) is 23.9 Å². The summed E-state index contributed by atoms with van der Waals surface area (Å²) in [5.74, 6) is -1.68. The largest absolute Gasteiger partial charge is 0.449 e. The van der Waals surface area contributed by atoms with E-state index < -0.39 is 23.9 Å². The van der Waals surface area contributed by atoms with Crippen molar-refractivity contribution in [1.82, 2.24) is 10.9 Å². The van der Waals surface area contributed by atoms with Crippen LogP contribution in [0.2, 0.25) is 0 Å². The van der Waals surface area contributed by atoms with Crippen LogP contribution in [0.4, 0.5) is 0 Å². The zero-order chi connectivity index (χ0) is 17.5. The Balaban J connectivity index is 1.86. The van der Waals surface area contributed by atoms with Gasteiger partial charge < -0.3 is 4.74 Å². The fourth-order valence-corrected chi connectivity index (χ4v) is 1.94. The Morgan fingerprint density at radius 1 is 0.917 bits per heavy atom. The third-order valence-corrected chi connectivity index (χ3v) is 3.24. The van der Waals surface area contributed by atoms with Crippen molar-refractivity contribution in [1.29, 1.82) is 0 Å². The van der Waals surface area contributed by atoms with Gasteiger partial charge in [0.25, 0.3) is 11.8 Å². The number of carbonyl (C=O) groups is 3. The second-order valence-electron chi connectivity index (χ2n) is 5.23. The van der Waals surface area contributed by atoms with Gasteiger partial charge in [-0.05, 0) is 38.1 Å². The fourth-order valence-electron chi connectivity index (χ4n) is 1.94. The van der Waals surface area contributed by atoms with Gasteiger partial charge in [0, 0.05) is 5.56 Å². The number of hydrogen-bond acceptors (Lipinski definition) is 4. The van der Waals surface area contributed by atoms with Crippen LogP contribution < -0.4 is 10.9 Å². The highest BCUT2D eigenvalue weighted by atomic mass is 16.5. The average Bonchev–Trinajstić information content (AvgIpc) is 2.60. The highest BCUT2D eigenvalue weighted by molar-refractivity contribution is 5.96. The molecule has 0 fully saturated rings. The summed E-state index contributed by atoms with van der Waals surface area (Å²) in [6.45, 7) is 3.28. The molecule has 1 atom stereocenters. The van der Waals surface area contributed by atoms with Crippen molar-refractivity contribution in [2.75, 3.05) is 0 Å². The molecule has 2 aromatic rings. The Morgan fingerprint density at radius 3 is 2.25 bits per heavy atom. The molecule has 0 aliphatic heterocycles. The number of rotatable bonds is 4. The number of esters is 1. The van der Waals surface area contributed by atoms with Crippen LogP contribution in [0.15, 0.2) is 54.6 Å². The molecule has 2 rings (SSSR count). The van der Waals surface area contributed by atoms with Crippen molar-refractivity contribution in [2.24, 2.45) is 0 Å². The number of benzene rings is 2. The van der Waals surface area contributed by atoms with Crippen LogP contribution in [0, 0.1) is 6.92 Å². The molecule has 0 saturated heterocycles. The van der Waals surface area contributed by atoms with Crippen LogP contribution >= 0.6 is 0 Å². The van der Waals surface area contributed by atoms with Gasteiger partial charge in [-0.15, -0.1) is 0 Å². The second-order valence-corrected chi connectivity index (χ2v) is 5.23. The first-order chi connectivity index (χ1) is 11.5. The van der Waals surface area contributed by atoms with E-state index in [9.17, 15) is 14.4 Å². The van der Waals surface area contributed by atoms with Crippen molar-refractivity contribution in [3.63, 3.8) is 0 Å². The van der Waals surface area contributed by atoms with Gasteiger partial charge in [-0.1, -0.05) is 35.9 Å². The van der Waals surface area contributed by atoms with Gasteiger partial charge in [0.1, 0.15) is 0 Å². The van der Waals surface area contributed by atoms with E-state index in [-0.39, 0.29) is 0 Å². The Labute approximate surface area is 139 Å². The van der Waals surface area contributed by atoms with Crippen molar-refractivity contribution < 1.29 is 19.1 Å². The van der Waals surface area contributed by atoms with Crippen LogP contribution in [-0.2, 0) is 9.53 Å². The van der Waals surface area contributed by atoms with Crippen molar-refractivity contribution in [3.05, 3.63) is 71.3 Å². The summed E-state index contributed by atoms with van der Waals surface area (Å²) < 4.78 is 5.09. The van der Waals surface area contributed by atoms with Gasteiger partial charge >= 0.3 is 5.97 Å². The number of nitrogens with one attached hydrogen (secondary N) is 2. The van der Waals surface area contributed by atoms with Gasteiger partial charge in [0.2, 0.25) is 0 Å². The highest BCUT2D eigenvalue weighted by Crippen LogP contribution is 2.07. The molecular weight excluding hydrogens is 308 g/mol. The molecule has 0 spiro atoms.